The first-order chi connectivity index (χ1) is 8.81. The summed E-state index contributed by atoms with van der Waals surface area (Å²) in [6.45, 7) is 0. The van der Waals surface area contributed by atoms with E-state index in [1.807, 2.05) is 0 Å². The van der Waals surface area contributed by atoms with Crippen LogP contribution in [-0.2, 0) is 11.0 Å². The number of hydrogen-bond donors (Lipinski definition) is 1. The Morgan fingerprint density at radius 2 is 1.84 bits per heavy atom. The lowest BCUT2D eigenvalue weighted by molar-refractivity contribution is -0.144. The molecule has 0 bridgehead atoms. The van der Waals surface area contributed by atoms with Gasteiger partial charge in [-0.3, -0.25) is 4.79 Å². The highest BCUT2D eigenvalue weighted by Gasteiger charge is 2.41. The molecule has 0 aliphatic heterocycles. The SMILES string of the molecule is O=C(O)CC1(Oc2ccc(C(F)(F)F)cc2)CCC1. The molecule has 0 saturated heterocycles. The summed E-state index contributed by atoms with van der Waals surface area (Å²) in [4.78, 5) is 10.8. The molecule has 0 radical (unpaired) electrons. The Bertz CT molecular complexity index is 461. The van der Waals surface area contributed by atoms with Crippen LogP contribution in [0.25, 0.3) is 0 Å². The smallest absolute Gasteiger partial charge is 0.416 e. The fourth-order valence-electron chi connectivity index (χ4n) is 2.12. The molecule has 0 spiro atoms. The van der Waals surface area contributed by atoms with Crippen LogP contribution in [0, 0.1) is 0 Å². The molecule has 0 heterocycles. The zero-order valence-corrected chi connectivity index (χ0v) is 10.0. The minimum atomic E-state index is -4.38. The van der Waals surface area contributed by atoms with Gasteiger partial charge in [0.05, 0.1) is 12.0 Å². The van der Waals surface area contributed by atoms with Gasteiger partial charge in [-0.25, -0.2) is 0 Å². The molecule has 19 heavy (non-hydrogen) atoms. The molecular formula is C13H13F3O3. The highest BCUT2D eigenvalue weighted by Crippen LogP contribution is 2.40. The van der Waals surface area contributed by atoms with E-state index in [0.29, 0.717) is 12.8 Å². The molecule has 1 aliphatic carbocycles. The van der Waals surface area contributed by atoms with E-state index in [-0.39, 0.29) is 12.2 Å². The molecule has 104 valence electrons. The summed E-state index contributed by atoms with van der Waals surface area (Å²) in [6.07, 6.45) is -2.42. The van der Waals surface area contributed by atoms with E-state index in [0.717, 1.165) is 18.6 Å². The number of carbonyl (C=O) groups is 1. The van der Waals surface area contributed by atoms with E-state index in [1.54, 1.807) is 0 Å². The average molecular weight is 274 g/mol. The minimum absolute atomic E-state index is 0.131. The van der Waals surface area contributed by atoms with Crippen molar-refractivity contribution in [3.05, 3.63) is 29.8 Å². The van der Waals surface area contributed by atoms with Crippen molar-refractivity contribution in [3.63, 3.8) is 0 Å². The zero-order chi connectivity index (χ0) is 14.1. The monoisotopic (exact) mass is 274 g/mol. The number of carboxylic acids is 1. The number of carboxylic acid groups (broad SMARTS) is 1. The number of aliphatic carboxylic acids is 1. The van der Waals surface area contributed by atoms with Gasteiger partial charge in [-0.05, 0) is 43.5 Å². The fraction of sp³-hybridized carbons (Fsp3) is 0.462. The number of hydrogen-bond acceptors (Lipinski definition) is 2. The van der Waals surface area contributed by atoms with Gasteiger partial charge in [-0.1, -0.05) is 0 Å². The Morgan fingerprint density at radius 3 is 2.21 bits per heavy atom. The Hall–Kier alpha value is -1.72. The van der Waals surface area contributed by atoms with Crippen LogP contribution in [-0.4, -0.2) is 16.7 Å². The third-order valence-electron chi connectivity index (χ3n) is 3.25. The standard InChI is InChI=1S/C13H13F3O3/c14-13(15,16)9-2-4-10(5-3-9)19-12(6-1-7-12)8-11(17)18/h2-5H,1,6-8H2,(H,17,18). The molecule has 0 unspecified atom stereocenters. The van der Waals surface area contributed by atoms with Crippen LogP contribution in [0.4, 0.5) is 13.2 Å². The Balaban J connectivity index is 2.08. The topological polar surface area (TPSA) is 46.5 Å². The number of ether oxygens (including phenoxy) is 1. The quantitative estimate of drug-likeness (QED) is 0.914. The Morgan fingerprint density at radius 1 is 1.26 bits per heavy atom. The van der Waals surface area contributed by atoms with Gasteiger partial charge < -0.3 is 9.84 Å². The van der Waals surface area contributed by atoms with Gasteiger partial charge in [-0.15, -0.1) is 0 Å². The van der Waals surface area contributed by atoms with Gasteiger partial charge in [0.15, 0.2) is 0 Å². The number of rotatable bonds is 4. The Kier molecular flexibility index (Phi) is 3.43. The maximum absolute atomic E-state index is 12.4. The van der Waals surface area contributed by atoms with Crippen LogP contribution in [0.15, 0.2) is 24.3 Å². The van der Waals surface area contributed by atoms with Crippen molar-refractivity contribution in [2.75, 3.05) is 0 Å². The molecule has 3 nitrogen and oxygen atoms in total. The molecule has 1 saturated carbocycles. The maximum Gasteiger partial charge on any atom is 0.416 e. The summed E-state index contributed by atoms with van der Waals surface area (Å²) in [6, 6.07) is 4.32. The number of alkyl halides is 3. The van der Waals surface area contributed by atoms with Crippen LogP contribution in [0.1, 0.15) is 31.2 Å². The first-order valence-corrected chi connectivity index (χ1v) is 5.89. The van der Waals surface area contributed by atoms with Gasteiger partial charge in [0, 0.05) is 0 Å². The normalized spacial score (nSPS) is 17.6. The highest BCUT2D eigenvalue weighted by atomic mass is 19.4. The van der Waals surface area contributed by atoms with Crippen molar-refractivity contribution in [3.8, 4) is 5.75 Å². The van der Waals surface area contributed by atoms with Gasteiger partial charge in [-0.2, -0.15) is 13.2 Å². The summed E-state index contributed by atoms with van der Waals surface area (Å²) >= 11 is 0. The minimum Gasteiger partial charge on any atom is -0.487 e. The third-order valence-corrected chi connectivity index (χ3v) is 3.25. The maximum atomic E-state index is 12.4. The van der Waals surface area contributed by atoms with E-state index in [2.05, 4.69) is 0 Å². The zero-order valence-electron chi connectivity index (χ0n) is 10.0. The average Bonchev–Trinajstić information content (AvgIpc) is 2.25. The summed E-state index contributed by atoms with van der Waals surface area (Å²) < 4.78 is 42.7. The second kappa shape index (κ2) is 4.75. The molecule has 0 aromatic heterocycles. The molecule has 6 heteroatoms. The van der Waals surface area contributed by atoms with Gasteiger partial charge >= 0.3 is 12.1 Å². The molecular weight excluding hydrogens is 261 g/mol. The lowest BCUT2D eigenvalue weighted by Gasteiger charge is -2.40. The second-order valence-corrected chi connectivity index (χ2v) is 4.73. The van der Waals surface area contributed by atoms with E-state index in [9.17, 15) is 18.0 Å². The number of halogens is 3. The van der Waals surface area contributed by atoms with Crippen molar-refractivity contribution in [1.82, 2.24) is 0 Å². The lowest BCUT2D eigenvalue weighted by Crippen LogP contribution is -2.45. The number of benzene rings is 1. The van der Waals surface area contributed by atoms with Gasteiger partial charge in [0.1, 0.15) is 11.4 Å². The van der Waals surface area contributed by atoms with E-state index in [1.165, 1.54) is 12.1 Å². The van der Waals surface area contributed by atoms with Crippen LogP contribution in [0.5, 0.6) is 5.75 Å². The molecule has 1 fully saturated rings. The first-order valence-electron chi connectivity index (χ1n) is 5.89. The lowest BCUT2D eigenvalue weighted by atomic mass is 9.77. The summed E-state index contributed by atoms with van der Waals surface area (Å²) in [5, 5.41) is 8.81. The van der Waals surface area contributed by atoms with Crippen molar-refractivity contribution in [2.24, 2.45) is 0 Å². The van der Waals surface area contributed by atoms with Crippen molar-refractivity contribution < 1.29 is 27.8 Å². The molecule has 1 aromatic carbocycles. The van der Waals surface area contributed by atoms with Crippen molar-refractivity contribution >= 4 is 5.97 Å². The van der Waals surface area contributed by atoms with Crippen molar-refractivity contribution in [1.29, 1.82) is 0 Å². The van der Waals surface area contributed by atoms with Crippen LogP contribution in [0.2, 0.25) is 0 Å². The molecule has 2 rings (SSSR count). The molecule has 0 atom stereocenters. The van der Waals surface area contributed by atoms with E-state index >= 15 is 0 Å². The second-order valence-electron chi connectivity index (χ2n) is 4.73. The van der Waals surface area contributed by atoms with E-state index in [4.69, 9.17) is 9.84 Å². The first kappa shape index (κ1) is 13.7. The summed E-state index contributed by atoms with van der Waals surface area (Å²) in [7, 11) is 0. The summed E-state index contributed by atoms with van der Waals surface area (Å²) in [5.74, 6) is -0.694. The molecule has 1 aliphatic rings. The van der Waals surface area contributed by atoms with Crippen molar-refractivity contribution in [2.45, 2.75) is 37.5 Å². The Labute approximate surface area is 108 Å². The summed E-state index contributed by atoms with van der Waals surface area (Å²) in [5.41, 5.74) is -1.51. The van der Waals surface area contributed by atoms with Gasteiger partial charge in [0.2, 0.25) is 0 Å². The van der Waals surface area contributed by atoms with Gasteiger partial charge in [0.25, 0.3) is 0 Å². The third kappa shape index (κ3) is 3.19. The molecule has 1 aromatic rings. The van der Waals surface area contributed by atoms with E-state index < -0.39 is 23.3 Å². The van der Waals surface area contributed by atoms with Crippen LogP contribution < -0.4 is 4.74 Å². The molecule has 1 N–H and O–H groups in total. The fourth-order valence-corrected chi connectivity index (χ4v) is 2.12. The van der Waals surface area contributed by atoms with Crippen LogP contribution in [0.3, 0.4) is 0 Å². The molecule has 0 amide bonds. The predicted molar refractivity (Wildman–Crippen MR) is 60.9 cm³/mol. The largest absolute Gasteiger partial charge is 0.487 e. The highest BCUT2D eigenvalue weighted by molar-refractivity contribution is 5.68. The predicted octanol–water partition coefficient (Wildman–Crippen LogP) is 3.48. The van der Waals surface area contributed by atoms with Crippen LogP contribution >= 0.6 is 0 Å².